The Labute approximate surface area is 272 Å². The molecular weight excluding hydrogens is 575 g/mol. The van der Waals surface area contributed by atoms with Crippen LogP contribution in [-0.4, -0.2) is 0 Å². The van der Waals surface area contributed by atoms with Gasteiger partial charge in [0.05, 0.1) is 0 Å². The Bertz CT molecular complexity index is 2540. The number of para-hydroxylation sites is 1. The second-order valence-electron chi connectivity index (χ2n) is 11.8. The van der Waals surface area contributed by atoms with E-state index < -0.39 is 0 Å². The van der Waals surface area contributed by atoms with E-state index in [1.54, 1.807) is 0 Å². The van der Waals surface area contributed by atoms with Gasteiger partial charge in [0.15, 0.2) is 0 Å². The summed E-state index contributed by atoms with van der Waals surface area (Å²) in [7, 11) is 0. The molecule has 0 atom stereocenters. The molecule has 1 heterocycles. The van der Waals surface area contributed by atoms with E-state index in [-0.39, 0.29) is 0 Å². The normalized spacial score (nSPS) is 11.5. The minimum atomic E-state index is 1.14. The lowest BCUT2D eigenvalue weighted by Crippen LogP contribution is -2.09. The van der Waals surface area contributed by atoms with E-state index in [1.165, 1.54) is 64.0 Å². The summed E-state index contributed by atoms with van der Waals surface area (Å²) in [5, 5.41) is 7.61. The van der Waals surface area contributed by atoms with Crippen LogP contribution in [0.4, 0.5) is 17.1 Å². The number of nitrogens with zero attached hydrogens (tertiary/aromatic N) is 1. The summed E-state index contributed by atoms with van der Waals surface area (Å²) in [5.41, 5.74) is 8.35. The highest BCUT2D eigenvalue weighted by Crippen LogP contribution is 2.41. The molecule has 9 aromatic rings. The Balaban J connectivity index is 1.10. The SMILES string of the molecule is c1ccc(N(c2ccc3cc(-c4cccc(-c5ccc6ccccc6c5)c4)ccc3c2)c2ccc3c(c2)sc2ccccc23)cc1. The van der Waals surface area contributed by atoms with Gasteiger partial charge in [-0.25, -0.2) is 0 Å². The van der Waals surface area contributed by atoms with Crippen molar-refractivity contribution in [2.75, 3.05) is 4.90 Å². The van der Waals surface area contributed by atoms with Gasteiger partial charge >= 0.3 is 0 Å². The molecule has 0 saturated carbocycles. The van der Waals surface area contributed by atoms with Crippen molar-refractivity contribution in [3.63, 3.8) is 0 Å². The van der Waals surface area contributed by atoms with E-state index in [9.17, 15) is 0 Å². The van der Waals surface area contributed by atoms with Gasteiger partial charge in [-0.15, -0.1) is 11.3 Å². The van der Waals surface area contributed by atoms with E-state index in [0.717, 1.165) is 17.1 Å². The molecule has 0 radical (unpaired) electrons. The fourth-order valence-corrected chi connectivity index (χ4v) is 7.82. The summed E-state index contributed by atoms with van der Waals surface area (Å²) in [4.78, 5) is 2.37. The quantitative estimate of drug-likeness (QED) is 0.189. The fourth-order valence-electron chi connectivity index (χ4n) is 6.68. The maximum atomic E-state index is 2.37. The molecule has 2 heteroatoms. The summed E-state index contributed by atoms with van der Waals surface area (Å²) in [6.45, 7) is 0. The molecule has 1 aromatic heterocycles. The molecule has 9 rings (SSSR count). The Kier molecular flexibility index (Phi) is 6.40. The number of fused-ring (bicyclic) bond motifs is 5. The van der Waals surface area contributed by atoms with Gasteiger partial charge in [0, 0.05) is 37.2 Å². The largest absolute Gasteiger partial charge is 0.310 e. The van der Waals surface area contributed by atoms with Crippen LogP contribution in [-0.2, 0) is 0 Å². The monoisotopic (exact) mass is 603 g/mol. The first-order chi connectivity index (χ1) is 22.8. The van der Waals surface area contributed by atoms with Crippen molar-refractivity contribution in [3.8, 4) is 22.3 Å². The van der Waals surface area contributed by atoms with Crippen LogP contribution in [0.2, 0.25) is 0 Å². The molecule has 0 N–H and O–H groups in total. The summed E-state index contributed by atoms with van der Waals surface area (Å²) in [5.74, 6) is 0. The van der Waals surface area contributed by atoms with Crippen LogP contribution in [0.15, 0.2) is 176 Å². The lowest BCUT2D eigenvalue weighted by Gasteiger charge is -2.26. The number of hydrogen-bond acceptors (Lipinski definition) is 2. The zero-order valence-electron chi connectivity index (χ0n) is 25.1. The van der Waals surface area contributed by atoms with Gasteiger partial charge in [-0.05, 0) is 104 Å². The smallest absolute Gasteiger partial charge is 0.0476 e. The van der Waals surface area contributed by atoms with Crippen LogP contribution < -0.4 is 4.90 Å². The Morgan fingerprint density at radius 2 is 0.870 bits per heavy atom. The van der Waals surface area contributed by atoms with Crippen LogP contribution in [0.3, 0.4) is 0 Å². The molecule has 0 aliphatic carbocycles. The second kappa shape index (κ2) is 11.0. The zero-order valence-corrected chi connectivity index (χ0v) is 25.9. The first-order valence-electron chi connectivity index (χ1n) is 15.7. The molecule has 0 aliphatic heterocycles. The molecule has 0 bridgehead atoms. The molecule has 0 fully saturated rings. The number of hydrogen-bond donors (Lipinski definition) is 0. The number of anilines is 3. The highest BCUT2D eigenvalue weighted by atomic mass is 32.1. The van der Waals surface area contributed by atoms with Crippen LogP contribution in [0.1, 0.15) is 0 Å². The molecule has 1 nitrogen and oxygen atoms in total. The van der Waals surface area contributed by atoms with Gasteiger partial charge in [0.1, 0.15) is 0 Å². The molecular formula is C44H29NS. The molecule has 0 aliphatic rings. The average Bonchev–Trinajstić information content (AvgIpc) is 3.50. The summed E-state index contributed by atoms with van der Waals surface area (Å²) >= 11 is 1.86. The maximum Gasteiger partial charge on any atom is 0.0476 e. The predicted molar refractivity (Wildman–Crippen MR) is 200 cm³/mol. The topological polar surface area (TPSA) is 3.24 Å². The summed E-state index contributed by atoms with van der Waals surface area (Å²) in [6.07, 6.45) is 0. The van der Waals surface area contributed by atoms with Gasteiger partial charge in [-0.2, -0.15) is 0 Å². The highest BCUT2D eigenvalue weighted by molar-refractivity contribution is 7.25. The first-order valence-corrected chi connectivity index (χ1v) is 16.5. The summed E-state index contributed by atoms with van der Waals surface area (Å²) < 4.78 is 2.63. The van der Waals surface area contributed by atoms with Crippen LogP contribution in [0.5, 0.6) is 0 Å². The van der Waals surface area contributed by atoms with Crippen molar-refractivity contribution < 1.29 is 0 Å². The van der Waals surface area contributed by atoms with E-state index in [4.69, 9.17) is 0 Å². The van der Waals surface area contributed by atoms with Gasteiger partial charge in [-0.1, -0.05) is 115 Å². The predicted octanol–water partition coefficient (Wildman–Crippen LogP) is 13.2. The third-order valence-electron chi connectivity index (χ3n) is 9.00. The standard InChI is InChI=1S/C44H29NS/c1-2-13-38(14-3-1)45(40-23-24-42-41-15-6-7-16-43(41)46-44(42)29-40)39-22-21-36-27-35(19-20-37(36)28-39)33-12-8-11-32(26-33)34-18-17-30-9-4-5-10-31(30)25-34/h1-29H. The Morgan fingerprint density at radius 3 is 1.70 bits per heavy atom. The molecule has 0 saturated heterocycles. The highest BCUT2D eigenvalue weighted by Gasteiger charge is 2.15. The van der Waals surface area contributed by atoms with Crippen LogP contribution in [0, 0.1) is 0 Å². The van der Waals surface area contributed by atoms with Gasteiger partial charge < -0.3 is 4.90 Å². The lowest BCUT2D eigenvalue weighted by molar-refractivity contribution is 1.30. The van der Waals surface area contributed by atoms with E-state index >= 15 is 0 Å². The minimum Gasteiger partial charge on any atom is -0.310 e. The molecule has 0 spiro atoms. The van der Waals surface area contributed by atoms with E-state index in [1.807, 2.05) is 11.3 Å². The fraction of sp³-hybridized carbons (Fsp3) is 0. The van der Waals surface area contributed by atoms with Gasteiger partial charge in [-0.3, -0.25) is 0 Å². The molecule has 216 valence electrons. The van der Waals surface area contributed by atoms with Crippen LogP contribution >= 0.6 is 11.3 Å². The molecule has 0 unspecified atom stereocenters. The minimum absolute atomic E-state index is 1.14. The number of rotatable bonds is 5. The number of thiophene rings is 1. The van der Waals surface area contributed by atoms with E-state index in [0.29, 0.717) is 0 Å². The Hall–Kier alpha value is -5.70. The average molecular weight is 604 g/mol. The second-order valence-corrected chi connectivity index (χ2v) is 12.9. The van der Waals surface area contributed by atoms with Crippen molar-refractivity contribution in [2.45, 2.75) is 0 Å². The van der Waals surface area contributed by atoms with Crippen molar-refractivity contribution in [1.82, 2.24) is 0 Å². The van der Waals surface area contributed by atoms with E-state index in [2.05, 4.69) is 181 Å². The van der Waals surface area contributed by atoms with Crippen LogP contribution in [0.25, 0.3) is 64.0 Å². The third kappa shape index (κ3) is 4.72. The molecule has 46 heavy (non-hydrogen) atoms. The Morgan fingerprint density at radius 1 is 0.304 bits per heavy atom. The first kappa shape index (κ1) is 26.7. The van der Waals surface area contributed by atoms with Crippen molar-refractivity contribution in [1.29, 1.82) is 0 Å². The molecule has 8 aromatic carbocycles. The van der Waals surface area contributed by atoms with Gasteiger partial charge in [0.2, 0.25) is 0 Å². The molecule has 0 amide bonds. The van der Waals surface area contributed by atoms with Gasteiger partial charge in [0.25, 0.3) is 0 Å². The van der Waals surface area contributed by atoms with Crippen molar-refractivity contribution in [3.05, 3.63) is 176 Å². The summed E-state index contributed by atoms with van der Waals surface area (Å²) in [6, 6.07) is 64.0. The third-order valence-corrected chi connectivity index (χ3v) is 10.1. The lowest BCUT2D eigenvalue weighted by atomic mass is 9.96. The number of benzene rings is 8. The zero-order chi connectivity index (χ0) is 30.5. The van der Waals surface area contributed by atoms with Crippen molar-refractivity contribution >= 4 is 70.1 Å². The van der Waals surface area contributed by atoms with Crippen molar-refractivity contribution in [2.24, 2.45) is 0 Å². The maximum absolute atomic E-state index is 2.37.